The maximum atomic E-state index is 12.1. The lowest BCUT2D eigenvalue weighted by Crippen LogP contribution is -2.49. The SMILES string of the molecule is Cl.Cn1c(N2CCN(CCCOc3ccc(N)cc3)CC2)cc(=O)n(C)c1=O. The normalized spacial score (nSPS) is 14.6. The van der Waals surface area contributed by atoms with Gasteiger partial charge in [0.2, 0.25) is 0 Å². The Hall–Kier alpha value is -2.45. The third-order valence-corrected chi connectivity index (χ3v) is 4.96. The predicted molar refractivity (Wildman–Crippen MR) is 114 cm³/mol. The van der Waals surface area contributed by atoms with Crippen molar-refractivity contribution in [2.45, 2.75) is 6.42 Å². The standard InChI is InChI=1S/C19H27N5O3.ClH/c1-21-17(14-18(25)22(2)19(21)26)24-11-9-23(10-12-24)8-3-13-27-16-6-4-15(20)5-7-16;/h4-7,14H,3,8-13,20H2,1-2H3;1H. The number of nitrogen functional groups attached to an aromatic ring is 1. The summed E-state index contributed by atoms with van der Waals surface area (Å²) in [7, 11) is 3.21. The van der Waals surface area contributed by atoms with Gasteiger partial charge in [0.05, 0.1) is 6.61 Å². The molecule has 28 heavy (non-hydrogen) atoms. The Kier molecular flexibility index (Phi) is 7.53. The Morgan fingerprint density at radius 1 is 1.00 bits per heavy atom. The zero-order valence-corrected chi connectivity index (χ0v) is 17.2. The summed E-state index contributed by atoms with van der Waals surface area (Å²) in [6, 6.07) is 8.96. The minimum Gasteiger partial charge on any atom is -0.494 e. The van der Waals surface area contributed by atoms with Gasteiger partial charge in [-0.25, -0.2) is 4.79 Å². The van der Waals surface area contributed by atoms with E-state index in [0.717, 1.165) is 55.1 Å². The summed E-state index contributed by atoms with van der Waals surface area (Å²) in [5, 5.41) is 0. The quantitative estimate of drug-likeness (QED) is 0.557. The Morgan fingerprint density at radius 3 is 2.29 bits per heavy atom. The van der Waals surface area contributed by atoms with Crippen molar-refractivity contribution >= 4 is 23.9 Å². The highest BCUT2D eigenvalue weighted by molar-refractivity contribution is 5.85. The number of hydrogen-bond acceptors (Lipinski definition) is 6. The minimum atomic E-state index is -0.292. The van der Waals surface area contributed by atoms with Gasteiger partial charge in [-0.2, -0.15) is 0 Å². The maximum Gasteiger partial charge on any atom is 0.332 e. The fraction of sp³-hybridized carbons (Fsp3) is 0.474. The van der Waals surface area contributed by atoms with Crippen molar-refractivity contribution in [3.05, 3.63) is 51.2 Å². The number of aromatic nitrogens is 2. The van der Waals surface area contributed by atoms with E-state index in [1.165, 1.54) is 17.7 Å². The molecule has 1 aromatic heterocycles. The van der Waals surface area contributed by atoms with E-state index < -0.39 is 0 Å². The molecule has 2 N–H and O–H groups in total. The van der Waals surface area contributed by atoms with Crippen LogP contribution >= 0.6 is 12.4 Å². The van der Waals surface area contributed by atoms with Crippen LogP contribution in [0.25, 0.3) is 0 Å². The van der Waals surface area contributed by atoms with Gasteiger partial charge in [0, 0.05) is 58.6 Å². The molecule has 3 rings (SSSR count). The molecule has 0 amide bonds. The van der Waals surface area contributed by atoms with E-state index in [0.29, 0.717) is 12.4 Å². The van der Waals surface area contributed by atoms with Crippen LogP contribution < -0.4 is 26.6 Å². The zero-order valence-electron chi connectivity index (χ0n) is 16.3. The monoisotopic (exact) mass is 409 g/mol. The molecule has 1 fully saturated rings. The van der Waals surface area contributed by atoms with Crippen LogP contribution in [0.1, 0.15) is 6.42 Å². The van der Waals surface area contributed by atoms with E-state index in [1.807, 2.05) is 24.3 Å². The highest BCUT2D eigenvalue weighted by atomic mass is 35.5. The van der Waals surface area contributed by atoms with Crippen LogP contribution in [-0.2, 0) is 14.1 Å². The van der Waals surface area contributed by atoms with E-state index >= 15 is 0 Å². The fourth-order valence-corrected chi connectivity index (χ4v) is 3.27. The van der Waals surface area contributed by atoms with Crippen molar-refractivity contribution in [1.82, 2.24) is 14.0 Å². The lowest BCUT2D eigenvalue weighted by Gasteiger charge is -2.36. The van der Waals surface area contributed by atoms with Crippen molar-refractivity contribution in [3.8, 4) is 5.75 Å². The first kappa shape index (κ1) is 21.8. The van der Waals surface area contributed by atoms with Gasteiger partial charge in [-0.1, -0.05) is 0 Å². The topological polar surface area (TPSA) is 85.7 Å². The smallest absolute Gasteiger partial charge is 0.332 e. The number of nitrogens with zero attached hydrogens (tertiary/aromatic N) is 4. The van der Waals surface area contributed by atoms with E-state index in [-0.39, 0.29) is 23.7 Å². The van der Waals surface area contributed by atoms with Crippen LogP contribution in [0.4, 0.5) is 11.5 Å². The van der Waals surface area contributed by atoms with Gasteiger partial charge in [0.25, 0.3) is 5.56 Å². The molecule has 154 valence electrons. The molecule has 1 aliphatic heterocycles. The van der Waals surface area contributed by atoms with Gasteiger partial charge in [0.15, 0.2) is 0 Å². The van der Waals surface area contributed by atoms with Crippen LogP contribution in [0.15, 0.2) is 39.9 Å². The molecule has 1 saturated heterocycles. The largest absolute Gasteiger partial charge is 0.494 e. The highest BCUT2D eigenvalue weighted by Crippen LogP contribution is 2.14. The minimum absolute atomic E-state index is 0. The second kappa shape index (κ2) is 9.66. The van der Waals surface area contributed by atoms with Crippen molar-refractivity contribution in [3.63, 3.8) is 0 Å². The van der Waals surface area contributed by atoms with Crippen LogP contribution in [0.5, 0.6) is 5.75 Å². The van der Waals surface area contributed by atoms with Crippen LogP contribution in [-0.4, -0.2) is 53.4 Å². The molecule has 0 unspecified atom stereocenters. The first-order valence-corrected chi connectivity index (χ1v) is 9.18. The number of nitrogens with two attached hydrogens (primary N) is 1. The van der Waals surface area contributed by atoms with Gasteiger partial charge in [-0.15, -0.1) is 12.4 Å². The Bertz CT molecular complexity index is 886. The molecule has 9 heteroatoms. The van der Waals surface area contributed by atoms with Gasteiger partial charge in [-0.05, 0) is 30.7 Å². The van der Waals surface area contributed by atoms with E-state index in [4.69, 9.17) is 10.5 Å². The number of rotatable bonds is 6. The van der Waals surface area contributed by atoms with E-state index in [2.05, 4.69) is 9.80 Å². The summed E-state index contributed by atoms with van der Waals surface area (Å²) >= 11 is 0. The van der Waals surface area contributed by atoms with Gasteiger partial charge >= 0.3 is 5.69 Å². The number of piperazine rings is 1. The molecular weight excluding hydrogens is 382 g/mol. The molecule has 2 aromatic rings. The number of ether oxygens (including phenoxy) is 1. The second-order valence-electron chi connectivity index (χ2n) is 6.84. The van der Waals surface area contributed by atoms with Crippen LogP contribution in [0.2, 0.25) is 0 Å². The molecule has 2 heterocycles. The molecule has 1 aromatic carbocycles. The van der Waals surface area contributed by atoms with E-state index in [9.17, 15) is 9.59 Å². The predicted octanol–water partition coefficient (Wildman–Crippen LogP) is 0.679. The summed E-state index contributed by atoms with van der Waals surface area (Å²) in [4.78, 5) is 28.5. The molecule has 1 aliphatic rings. The third kappa shape index (κ3) is 5.08. The fourth-order valence-electron chi connectivity index (χ4n) is 3.27. The summed E-state index contributed by atoms with van der Waals surface area (Å²) in [6.07, 6.45) is 0.939. The van der Waals surface area contributed by atoms with Crippen molar-refractivity contribution in [1.29, 1.82) is 0 Å². The molecule has 0 radical (unpaired) electrons. The van der Waals surface area contributed by atoms with Crippen molar-refractivity contribution in [2.75, 3.05) is 50.0 Å². The molecule has 8 nitrogen and oxygen atoms in total. The van der Waals surface area contributed by atoms with Crippen LogP contribution in [0, 0.1) is 0 Å². The Balaban J connectivity index is 0.00000280. The molecule has 0 atom stereocenters. The Labute approximate surface area is 170 Å². The van der Waals surface area contributed by atoms with Gasteiger partial charge < -0.3 is 15.4 Å². The summed E-state index contributed by atoms with van der Waals surface area (Å²) in [5.74, 6) is 1.52. The summed E-state index contributed by atoms with van der Waals surface area (Å²) in [6.45, 7) is 4.99. The lowest BCUT2D eigenvalue weighted by molar-refractivity contribution is 0.224. The average molecular weight is 410 g/mol. The third-order valence-electron chi connectivity index (χ3n) is 4.96. The second-order valence-corrected chi connectivity index (χ2v) is 6.84. The first-order valence-electron chi connectivity index (χ1n) is 9.18. The van der Waals surface area contributed by atoms with Crippen LogP contribution in [0.3, 0.4) is 0 Å². The Morgan fingerprint density at radius 2 is 1.64 bits per heavy atom. The van der Waals surface area contributed by atoms with Crippen molar-refractivity contribution in [2.24, 2.45) is 14.1 Å². The first-order chi connectivity index (χ1) is 13.0. The molecule has 0 aliphatic carbocycles. The number of anilines is 2. The van der Waals surface area contributed by atoms with Gasteiger partial charge in [0.1, 0.15) is 11.6 Å². The number of hydrogen-bond donors (Lipinski definition) is 1. The van der Waals surface area contributed by atoms with E-state index in [1.54, 1.807) is 7.05 Å². The summed E-state index contributed by atoms with van der Waals surface area (Å²) in [5.41, 5.74) is 5.83. The van der Waals surface area contributed by atoms with Gasteiger partial charge in [-0.3, -0.25) is 18.8 Å². The molecule has 0 saturated carbocycles. The van der Waals surface area contributed by atoms with Crippen molar-refractivity contribution < 1.29 is 4.74 Å². The summed E-state index contributed by atoms with van der Waals surface area (Å²) < 4.78 is 8.39. The highest BCUT2D eigenvalue weighted by Gasteiger charge is 2.20. The number of benzene rings is 1. The molecular formula is C19H28ClN5O3. The lowest BCUT2D eigenvalue weighted by atomic mass is 10.3. The maximum absolute atomic E-state index is 12.1. The molecule has 0 spiro atoms. The number of halogens is 1. The zero-order chi connectivity index (χ0) is 19.4. The molecule has 0 bridgehead atoms. The average Bonchev–Trinajstić information content (AvgIpc) is 2.68.